The smallest absolute Gasteiger partial charge is 0.328 e. The van der Waals surface area contributed by atoms with Crippen molar-refractivity contribution in [2.24, 2.45) is 5.41 Å². The highest BCUT2D eigenvalue weighted by Gasteiger charge is 2.33. The zero-order valence-electron chi connectivity index (χ0n) is 11.8. The summed E-state index contributed by atoms with van der Waals surface area (Å²) in [7, 11) is 1.38. The van der Waals surface area contributed by atoms with Crippen molar-refractivity contribution in [3.63, 3.8) is 0 Å². The molecule has 0 aromatic rings. The van der Waals surface area contributed by atoms with Crippen LogP contribution in [0.3, 0.4) is 0 Å². The Bertz CT molecular complexity index is 290. The van der Waals surface area contributed by atoms with Gasteiger partial charge in [0.25, 0.3) is 0 Å². The second-order valence-corrected chi connectivity index (χ2v) is 6.58. The average Bonchev–Trinajstić information content (AvgIpc) is 2.08. The van der Waals surface area contributed by atoms with Gasteiger partial charge in [0.1, 0.15) is 6.04 Å². The maximum Gasteiger partial charge on any atom is 0.328 e. The van der Waals surface area contributed by atoms with Crippen LogP contribution in [0, 0.1) is 5.41 Å². The van der Waals surface area contributed by atoms with Crippen molar-refractivity contribution < 1.29 is 9.53 Å². The van der Waals surface area contributed by atoms with Crippen LogP contribution in [0.5, 0.6) is 0 Å². The molecule has 0 saturated heterocycles. The summed E-state index contributed by atoms with van der Waals surface area (Å²) in [6.07, 6.45) is 0. The number of carbonyl (C=O) groups excluding carboxylic acids is 1. The first-order chi connectivity index (χ1) is 7.47. The van der Waals surface area contributed by atoms with E-state index in [-0.39, 0.29) is 16.9 Å². The first-order valence-corrected chi connectivity index (χ1v) is 6.04. The molecule has 0 aliphatic heterocycles. The number of nitrogens with one attached hydrogen (secondary N) is 2. The first-order valence-electron chi connectivity index (χ1n) is 5.64. The molecular weight excluding hydrogens is 236 g/mol. The standard InChI is InChI=1S/C12H24N2O2S/c1-11(2,3)8(9(15)16-7)13-10(17)14-12(4,5)6/h8H,1-7H3,(H2,13,14,17). The molecule has 0 aromatic heterocycles. The van der Waals surface area contributed by atoms with Crippen molar-refractivity contribution in [2.75, 3.05) is 7.11 Å². The lowest BCUT2D eigenvalue weighted by atomic mass is 9.87. The minimum absolute atomic E-state index is 0.136. The number of rotatable bonds is 2. The van der Waals surface area contributed by atoms with E-state index < -0.39 is 6.04 Å². The number of carbonyl (C=O) groups is 1. The molecule has 0 heterocycles. The highest BCUT2D eigenvalue weighted by atomic mass is 32.1. The van der Waals surface area contributed by atoms with Crippen LogP contribution in [0.25, 0.3) is 0 Å². The monoisotopic (exact) mass is 260 g/mol. The van der Waals surface area contributed by atoms with E-state index in [2.05, 4.69) is 10.6 Å². The molecule has 0 amide bonds. The summed E-state index contributed by atoms with van der Waals surface area (Å²) < 4.78 is 4.78. The van der Waals surface area contributed by atoms with Gasteiger partial charge < -0.3 is 15.4 Å². The Labute approximate surface area is 109 Å². The van der Waals surface area contributed by atoms with Crippen molar-refractivity contribution in [3.8, 4) is 0 Å². The zero-order valence-corrected chi connectivity index (χ0v) is 12.6. The van der Waals surface area contributed by atoms with Crippen LogP contribution < -0.4 is 10.6 Å². The fourth-order valence-corrected chi connectivity index (χ4v) is 1.68. The zero-order chi connectivity index (χ0) is 13.9. The Morgan fingerprint density at radius 2 is 1.65 bits per heavy atom. The molecule has 0 bridgehead atoms. The van der Waals surface area contributed by atoms with Crippen LogP contribution >= 0.6 is 12.2 Å². The molecule has 5 heteroatoms. The lowest BCUT2D eigenvalue weighted by molar-refractivity contribution is -0.145. The molecule has 0 radical (unpaired) electrons. The van der Waals surface area contributed by atoms with Crippen molar-refractivity contribution in [3.05, 3.63) is 0 Å². The molecule has 1 unspecified atom stereocenters. The number of hydrogen-bond acceptors (Lipinski definition) is 3. The number of esters is 1. The third-order valence-electron chi connectivity index (χ3n) is 2.07. The van der Waals surface area contributed by atoms with Gasteiger partial charge in [-0.25, -0.2) is 4.79 Å². The highest BCUT2D eigenvalue weighted by Crippen LogP contribution is 2.20. The van der Waals surface area contributed by atoms with Crippen LogP contribution in [-0.2, 0) is 9.53 Å². The number of ether oxygens (including phenoxy) is 1. The molecule has 1 atom stereocenters. The quantitative estimate of drug-likeness (QED) is 0.586. The average molecular weight is 260 g/mol. The van der Waals surface area contributed by atoms with Crippen molar-refractivity contribution in [1.82, 2.24) is 10.6 Å². The third-order valence-corrected chi connectivity index (χ3v) is 2.29. The van der Waals surface area contributed by atoms with Crippen LogP contribution in [-0.4, -0.2) is 29.8 Å². The van der Waals surface area contributed by atoms with Crippen LogP contribution in [0.1, 0.15) is 41.5 Å². The van der Waals surface area contributed by atoms with Gasteiger partial charge in [-0.1, -0.05) is 20.8 Å². The Kier molecular flexibility index (Phi) is 5.39. The second kappa shape index (κ2) is 5.67. The topological polar surface area (TPSA) is 50.4 Å². The minimum Gasteiger partial charge on any atom is -0.467 e. The molecule has 0 saturated carbocycles. The SMILES string of the molecule is COC(=O)C(NC(=S)NC(C)(C)C)C(C)(C)C. The van der Waals surface area contributed by atoms with E-state index in [1.54, 1.807) is 0 Å². The van der Waals surface area contributed by atoms with Crippen molar-refractivity contribution in [2.45, 2.75) is 53.1 Å². The minimum atomic E-state index is -0.463. The fourth-order valence-electron chi connectivity index (χ4n) is 1.25. The summed E-state index contributed by atoms with van der Waals surface area (Å²) in [6.45, 7) is 11.9. The predicted octanol–water partition coefficient (Wildman–Crippen LogP) is 1.84. The van der Waals surface area contributed by atoms with Crippen molar-refractivity contribution in [1.29, 1.82) is 0 Å². The maximum absolute atomic E-state index is 11.7. The van der Waals surface area contributed by atoms with Gasteiger partial charge in [-0.05, 0) is 38.4 Å². The molecule has 4 nitrogen and oxygen atoms in total. The largest absolute Gasteiger partial charge is 0.467 e. The number of thiocarbonyl (C=S) groups is 1. The molecule has 0 aromatic carbocycles. The molecule has 0 spiro atoms. The number of hydrogen-bond donors (Lipinski definition) is 2. The van der Waals surface area contributed by atoms with Gasteiger partial charge in [0, 0.05) is 5.54 Å². The van der Waals surface area contributed by atoms with Crippen LogP contribution in [0.4, 0.5) is 0 Å². The Balaban J connectivity index is 4.67. The van der Waals surface area contributed by atoms with E-state index in [0.717, 1.165) is 0 Å². The molecule has 17 heavy (non-hydrogen) atoms. The molecule has 2 N–H and O–H groups in total. The lowest BCUT2D eigenvalue weighted by Gasteiger charge is -2.32. The van der Waals surface area contributed by atoms with Gasteiger partial charge in [-0.15, -0.1) is 0 Å². The van der Waals surface area contributed by atoms with E-state index in [4.69, 9.17) is 17.0 Å². The normalized spacial score (nSPS) is 13.8. The summed E-state index contributed by atoms with van der Waals surface area (Å²) in [4.78, 5) is 11.7. The summed E-state index contributed by atoms with van der Waals surface area (Å²) >= 11 is 5.18. The third kappa shape index (κ3) is 6.46. The van der Waals surface area contributed by atoms with E-state index in [1.807, 2.05) is 41.5 Å². The predicted molar refractivity (Wildman–Crippen MR) is 73.9 cm³/mol. The molecule has 0 fully saturated rings. The molecule has 100 valence electrons. The summed E-state index contributed by atoms with van der Waals surface area (Å²) in [6, 6.07) is -0.463. The van der Waals surface area contributed by atoms with Gasteiger partial charge in [-0.2, -0.15) is 0 Å². The van der Waals surface area contributed by atoms with E-state index >= 15 is 0 Å². The number of methoxy groups -OCH3 is 1. The van der Waals surface area contributed by atoms with E-state index in [9.17, 15) is 4.79 Å². The lowest BCUT2D eigenvalue weighted by Crippen LogP contribution is -2.55. The summed E-state index contributed by atoms with van der Waals surface area (Å²) in [5.74, 6) is -0.310. The van der Waals surface area contributed by atoms with Crippen LogP contribution in [0.15, 0.2) is 0 Å². The Morgan fingerprint density at radius 1 is 1.18 bits per heavy atom. The van der Waals surface area contributed by atoms with Gasteiger partial charge in [0.2, 0.25) is 0 Å². The second-order valence-electron chi connectivity index (χ2n) is 6.17. The van der Waals surface area contributed by atoms with E-state index in [0.29, 0.717) is 5.11 Å². The van der Waals surface area contributed by atoms with Crippen LogP contribution in [0.2, 0.25) is 0 Å². The van der Waals surface area contributed by atoms with Crippen molar-refractivity contribution >= 4 is 23.3 Å². The van der Waals surface area contributed by atoms with Gasteiger partial charge in [0.05, 0.1) is 7.11 Å². The fraction of sp³-hybridized carbons (Fsp3) is 0.833. The highest BCUT2D eigenvalue weighted by molar-refractivity contribution is 7.80. The molecular formula is C12H24N2O2S. The van der Waals surface area contributed by atoms with E-state index in [1.165, 1.54) is 7.11 Å². The summed E-state index contributed by atoms with van der Waals surface area (Å²) in [5, 5.41) is 6.58. The van der Waals surface area contributed by atoms with Gasteiger partial charge >= 0.3 is 5.97 Å². The van der Waals surface area contributed by atoms with Gasteiger partial charge in [-0.3, -0.25) is 0 Å². The Morgan fingerprint density at radius 3 is 1.94 bits per heavy atom. The molecule has 0 aliphatic rings. The summed E-state index contributed by atoms with van der Waals surface area (Å²) in [5.41, 5.74) is -0.403. The first kappa shape index (κ1) is 16.2. The van der Waals surface area contributed by atoms with Gasteiger partial charge in [0.15, 0.2) is 5.11 Å². The molecule has 0 aliphatic carbocycles. The molecule has 0 rings (SSSR count). The Hall–Kier alpha value is -0.840. The maximum atomic E-state index is 11.7.